The Kier molecular flexibility index (Phi) is 3.81. The van der Waals surface area contributed by atoms with Crippen molar-refractivity contribution in [2.45, 2.75) is 6.42 Å². The minimum absolute atomic E-state index is 0.163. The van der Waals surface area contributed by atoms with Crippen LogP contribution in [0.3, 0.4) is 0 Å². The molecule has 0 atom stereocenters. The van der Waals surface area contributed by atoms with E-state index in [1.54, 1.807) is 18.3 Å². The molecule has 2 rings (SSSR count). The van der Waals surface area contributed by atoms with Gasteiger partial charge in [-0.2, -0.15) is 5.10 Å². The van der Waals surface area contributed by atoms with Gasteiger partial charge in [0.25, 0.3) is 5.91 Å². The highest BCUT2D eigenvalue weighted by molar-refractivity contribution is 9.10. The Morgan fingerprint density at radius 2 is 2.35 bits per heavy atom. The first-order chi connectivity index (χ1) is 8.27. The molecule has 0 radical (unpaired) electrons. The molecule has 2 aromatic rings. The molecule has 0 aliphatic heterocycles. The molecule has 2 heterocycles. The van der Waals surface area contributed by atoms with Gasteiger partial charge in [0.05, 0.1) is 5.56 Å². The number of carbonyl (C=O) groups excluding carboxylic acids is 1. The lowest BCUT2D eigenvalue weighted by Crippen LogP contribution is -2.26. The largest absolute Gasteiger partial charge is 0.352 e. The molecular weight excluding hydrogens is 286 g/mol. The van der Waals surface area contributed by atoms with Gasteiger partial charge in [-0.25, -0.2) is 9.97 Å². The van der Waals surface area contributed by atoms with Crippen LogP contribution in [0.15, 0.2) is 29.3 Å². The predicted molar refractivity (Wildman–Crippen MR) is 64.4 cm³/mol. The average Bonchev–Trinajstić information content (AvgIpc) is 2.82. The smallest absolute Gasteiger partial charge is 0.254 e. The number of nitrogens with zero attached hydrogens (tertiary/aromatic N) is 3. The van der Waals surface area contributed by atoms with Gasteiger partial charge in [-0.3, -0.25) is 9.89 Å². The SMILES string of the molecule is O=C(NCCc1ncn[nH]1)c1cccnc1Br. The summed E-state index contributed by atoms with van der Waals surface area (Å²) in [6, 6.07) is 3.43. The van der Waals surface area contributed by atoms with E-state index in [9.17, 15) is 4.79 Å². The lowest BCUT2D eigenvalue weighted by atomic mass is 10.2. The first kappa shape index (κ1) is 11.7. The number of rotatable bonds is 4. The van der Waals surface area contributed by atoms with Crippen molar-refractivity contribution < 1.29 is 4.79 Å². The Bertz CT molecular complexity index is 499. The summed E-state index contributed by atoms with van der Waals surface area (Å²) in [4.78, 5) is 19.7. The van der Waals surface area contributed by atoms with E-state index >= 15 is 0 Å². The molecule has 0 aromatic carbocycles. The van der Waals surface area contributed by atoms with Gasteiger partial charge >= 0.3 is 0 Å². The van der Waals surface area contributed by atoms with Gasteiger partial charge in [0.15, 0.2) is 0 Å². The molecule has 2 N–H and O–H groups in total. The van der Waals surface area contributed by atoms with Crippen molar-refractivity contribution in [3.63, 3.8) is 0 Å². The lowest BCUT2D eigenvalue weighted by molar-refractivity contribution is 0.0953. The second-order valence-corrected chi connectivity index (χ2v) is 4.03. The Morgan fingerprint density at radius 1 is 1.47 bits per heavy atom. The molecule has 0 spiro atoms. The Hall–Kier alpha value is -1.76. The van der Waals surface area contributed by atoms with Crippen LogP contribution in [-0.2, 0) is 6.42 Å². The van der Waals surface area contributed by atoms with E-state index in [-0.39, 0.29) is 5.91 Å². The second kappa shape index (κ2) is 5.53. The van der Waals surface area contributed by atoms with Gasteiger partial charge in [0.2, 0.25) is 0 Å². The number of hydrogen-bond donors (Lipinski definition) is 2. The Morgan fingerprint density at radius 3 is 3.06 bits per heavy atom. The van der Waals surface area contributed by atoms with Crippen LogP contribution in [0.5, 0.6) is 0 Å². The zero-order valence-corrected chi connectivity index (χ0v) is 10.4. The van der Waals surface area contributed by atoms with Gasteiger partial charge in [-0.05, 0) is 28.1 Å². The fraction of sp³-hybridized carbons (Fsp3) is 0.200. The molecule has 6 nitrogen and oxygen atoms in total. The van der Waals surface area contributed by atoms with Crippen molar-refractivity contribution in [2.75, 3.05) is 6.54 Å². The third kappa shape index (κ3) is 3.10. The average molecular weight is 296 g/mol. The molecule has 0 unspecified atom stereocenters. The molecule has 17 heavy (non-hydrogen) atoms. The zero-order valence-electron chi connectivity index (χ0n) is 8.85. The fourth-order valence-corrected chi connectivity index (χ4v) is 1.73. The number of hydrogen-bond acceptors (Lipinski definition) is 4. The van der Waals surface area contributed by atoms with Gasteiger partial charge in [0.1, 0.15) is 16.8 Å². The van der Waals surface area contributed by atoms with Gasteiger partial charge in [-0.15, -0.1) is 0 Å². The topological polar surface area (TPSA) is 83.6 Å². The summed E-state index contributed by atoms with van der Waals surface area (Å²) in [5, 5.41) is 9.24. The molecule has 7 heteroatoms. The van der Waals surface area contributed by atoms with Crippen LogP contribution in [-0.4, -0.2) is 32.6 Å². The Labute approximate surface area is 106 Å². The van der Waals surface area contributed by atoms with E-state index in [0.29, 0.717) is 23.1 Å². The van der Waals surface area contributed by atoms with Crippen LogP contribution in [0, 0.1) is 0 Å². The van der Waals surface area contributed by atoms with Crippen molar-refractivity contribution in [2.24, 2.45) is 0 Å². The van der Waals surface area contributed by atoms with Crippen LogP contribution in [0.2, 0.25) is 0 Å². The van der Waals surface area contributed by atoms with E-state index < -0.39 is 0 Å². The van der Waals surface area contributed by atoms with Crippen LogP contribution < -0.4 is 5.32 Å². The maximum atomic E-state index is 11.8. The molecular formula is C10H10BrN5O. The molecule has 0 bridgehead atoms. The number of aromatic nitrogens is 4. The van der Waals surface area contributed by atoms with Gasteiger partial charge in [-0.1, -0.05) is 0 Å². The molecule has 0 fully saturated rings. The number of nitrogens with one attached hydrogen (secondary N) is 2. The van der Waals surface area contributed by atoms with E-state index in [1.807, 2.05) is 0 Å². The molecule has 0 saturated heterocycles. The van der Waals surface area contributed by atoms with Crippen molar-refractivity contribution >= 4 is 21.8 Å². The van der Waals surface area contributed by atoms with Crippen LogP contribution in [0.25, 0.3) is 0 Å². The van der Waals surface area contributed by atoms with Crippen molar-refractivity contribution in [1.29, 1.82) is 0 Å². The van der Waals surface area contributed by atoms with E-state index in [0.717, 1.165) is 5.82 Å². The third-order valence-electron chi connectivity index (χ3n) is 2.12. The van der Waals surface area contributed by atoms with E-state index in [4.69, 9.17) is 0 Å². The Balaban J connectivity index is 1.88. The lowest BCUT2D eigenvalue weighted by Gasteiger charge is -2.04. The highest BCUT2D eigenvalue weighted by atomic mass is 79.9. The maximum Gasteiger partial charge on any atom is 0.254 e. The minimum atomic E-state index is -0.163. The quantitative estimate of drug-likeness (QED) is 0.822. The molecule has 0 saturated carbocycles. The first-order valence-electron chi connectivity index (χ1n) is 5.00. The number of pyridine rings is 1. The van der Waals surface area contributed by atoms with E-state index in [2.05, 4.69) is 41.4 Å². The monoisotopic (exact) mass is 295 g/mol. The predicted octanol–water partition coefficient (Wildman–Crippen LogP) is 0.935. The fourth-order valence-electron chi connectivity index (χ4n) is 1.30. The number of amides is 1. The summed E-state index contributed by atoms with van der Waals surface area (Å²) in [7, 11) is 0. The summed E-state index contributed by atoms with van der Waals surface area (Å²) in [6.45, 7) is 0.495. The van der Waals surface area contributed by atoms with Gasteiger partial charge in [0, 0.05) is 19.2 Å². The summed E-state index contributed by atoms with van der Waals surface area (Å²) in [5.74, 6) is 0.583. The van der Waals surface area contributed by atoms with Crippen molar-refractivity contribution in [1.82, 2.24) is 25.5 Å². The molecule has 2 aromatic heterocycles. The highest BCUT2D eigenvalue weighted by Gasteiger charge is 2.09. The minimum Gasteiger partial charge on any atom is -0.352 e. The van der Waals surface area contributed by atoms with Crippen LogP contribution in [0.1, 0.15) is 16.2 Å². The maximum absolute atomic E-state index is 11.8. The van der Waals surface area contributed by atoms with Crippen LogP contribution >= 0.6 is 15.9 Å². The number of aromatic amines is 1. The van der Waals surface area contributed by atoms with Crippen molar-refractivity contribution in [3.05, 3.63) is 40.6 Å². The summed E-state index contributed by atoms with van der Waals surface area (Å²) in [6.07, 6.45) is 3.67. The third-order valence-corrected chi connectivity index (χ3v) is 2.75. The van der Waals surface area contributed by atoms with Crippen molar-refractivity contribution in [3.8, 4) is 0 Å². The molecule has 88 valence electrons. The second-order valence-electron chi connectivity index (χ2n) is 3.28. The van der Waals surface area contributed by atoms with E-state index in [1.165, 1.54) is 6.33 Å². The highest BCUT2D eigenvalue weighted by Crippen LogP contribution is 2.11. The van der Waals surface area contributed by atoms with Gasteiger partial charge < -0.3 is 5.32 Å². The standard InChI is InChI=1S/C10H10BrN5O/c11-9-7(2-1-4-12-9)10(17)13-5-3-8-14-6-15-16-8/h1-2,4,6H,3,5H2,(H,13,17)(H,14,15,16). The molecule has 0 aliphatic carbocycles. The number of carbonyl (C=O) groups is 1. The first-order valence-corrected chi connectivity index (χ1v) is 5.79. The summed E-state index contributed by atoms with van der Waals surface area (Å²) >= 11 is 3.23. The zero-order chi connectivity index (χ0) is 12.1. The number of H-pyrrole nitrogens is 1. The summed E-state index contributed by atoms with van der Waals surface area (Å²) < 4.78 is 0.539. The normalized spacial score (nSPS) is 10.2. The number of halogens is 1. The molecule has 0 aliphatic rings. The molecule has 1 amide bonds. The summed E-state index contributed by atoms with van der Waals surface area (Å²) in [5.41, 5.74) is 0.519. The van der Waals surface area contributed by atoms with Crippen LogP contribution in [0.4, 0.5) is 0 Å².